The number of aromatic amines is 1. The van der Waals surface area contributed by atoms with Crippen LogP contribution in [0, 0.1) is 5.82 Å². The van der Waals surface area contributed by atoms with Gasteiger partial charge in [0.25, 0.3) is 0 Å². The first kappa shape index (κ1) is 15.0. The van der Waals surface area contributed by atoms with Crippen LogP contribution in [-0.4, -0.2) is 36.5 Å². The summed E-state index contributed by atoms with van der Waals surface area (Å²) in [6.07, 6.45) is 1.49. The minimum absolute atomic E-state index is 0.0693. The molecule has 0 fully saturated rings. The normalized spacial score (nSPS) is 11.6. The van der Waals surface area contributed by atoms with Gasteiger partial charge in [-0.25, -0.2) is 9.37 Å². The number of allylic oxidation sites excluding steroid dienone is 1. The van der Waals surface area contributed by atoms with Gasteiger partial charge in [0, 0.05) is 17.9 Å². The van der Waals surface area contributed by atoms with Crippen molar-refractivity contribution < 1.29 is 14.3 Å². The number of aromatic nitrogens is 5. The van der Waals surface area contributed by atoms with Crippen molar-refractivity contribution in [1.29, 1.82) is 0 Å². The van der Waals surface area contributed by atoms with Crippen LogP contribution in [0.5, 0.6) is 0 Å². The molecule has 0 aliphatic rings. The fourth-order valence-electron chi connectivity index (χ4n) is 1.82. The lowest BCUT2D eigenvalue weighted by molar-refractivity contribution is 0.104. The van der Waals surface area contributed by atoms with E-state index in [4.69, 9.17) is 0 Å². The number of rotatable bonds is 5. The lowest BCUT2D eigenvalue weighted by atomic mass is 10.1. The molecular formula is C14H10FN5O2S. The first-order valence-corrected chi connectivity index (χ1v) is 7.37. The molecule has 0 atom stereocenters. The standard InChI is InChI=1S/C14H10FN5O2S/c15-9-3-1-8(2-4-9)5-13-16-10(7-23-13)11(21)6-12(22)14-17-19-20-18-14/h1-4,6-7,22H,5H2,(H,17,18,19,20). The summed E-state index contributed by atoms with van der Waals surface area (Å²) in [7, 11) is 0. The zero-order chi connectivity index (χ0) is 16.2. The highest BCUT2D eigenvalue weighted by Crippen LogP contribution is 2.16. The van der Waals surface area contributed by atoms with Gasteiger partial charge in [0.1, 0.15) is 11.5 Å². The van der Waals surface area contributed by atoms with E-state index in [1.165, 1.54) is 23.5 Å². The molecule has 1 aromatic carbocycles. The molecule has 7 nitrogen and oxygen atoms in total. The second-order valence-corrected chi connectivity index (χ2v) is 5.50. The van der Waals surface area contributed by atoms with Crippen molar-refractivity contribution in [3.63, 3.8) is 0 Å². The lowest BCUT2D eigenvalue weighted by Crippen LogP contribution is -1.99. The summed E-state index contributed by atoms with van der Waals surface area (Å²) in [6.45, 7) is 0. The van der Waals surface area contributed by atoms with E-state index in [0.29, 0.717) is 11.4 Å². The van der Waals surface area contributed by atoms with E-state index in [1.54, 1.807) is 17.5 Å². The molecule has 0 aliphatic carbocycles. The number of carbonyl (C=O) groups excluding carboxylic acids is 1. The molecular weight excluding hydrogens is 321 g/mol. The number of H-pyrrole nitrogens is 1. The van der Waals surface area contributed by atoms with Gasteiger partial charge in [-0.2, -0.15) is 5.21 Å². The molecule has 0 unspecified atom stereocenters. The summed E-state index contributed by atoms with van der Waals surface area (Å²) in [6, 6.07) is 6.09. The molecule has 116 valence electrons. The average molecular weight is 331 g/mol. The van der Waals surface area contributed by atoms with E-state index < -0.39 is 11.5 Å². The van der Waals surface area contributed by atoms with E-state index in [1.807, 2.05) is 0 Å². The summed E-state index contributed by atoms with van der Waals surface area (Å²) in [4.78, 5) is 16.3. The Hall–Kier alpha value is -2.94. The minimum atomic E-state index is -0.464. The number of benzene rings is 1. The summed E-state index contributed by atoms with van der Waals surface area (Å²) in [5.74, 6) is -1.23. The number of nitrogens with zero attached hydrogens (tertiary/aromatic N) is 4. The number of carbonyl (C=O) groups is 1. The molecule has 23 heavy (non-hydrogen) atoms. The van der Waals surface area contributed by atoms with Crippen LogP contribution in [0.25, 0.3) is 5.76 Å². The highest BCUT2D eigenvalue weighted by atomic mass is 32.1. The number of thiazole rings is 1. The summed E-state index contributed by atoms with van der Waals surface area (Å²) in [5, 5.41) is 24.6. The molecule has 9 heteroatoms. The van der Waals surface area contributed by atoms with Crippen LogP contribution in [0.4, 0.5) is 4.39 Å². The van der Waals surface area contributed by atoms with Crippen LogP contribution in [0.2, 0.25) is 0 Å². The lowest BCUT2D eigenvalue weighted by Gasteiger charge is -1.97. The van der Waals surface area contributed by atoms with Crippen LogP contribution in [-0.2, 0) is 6.42 Å². The number of hydrogen-bond donors (Lipinski definition) is 2. The number of aliphatic hydroxyl groups is 1. The maximum absolute atomic E-state index is 12.9. The van der Waals surface area contributed by atoms with Gasteiger partial charge >= 0.3 is 0 Å². The Morgan fingerprint density at radius 2 is 2.13 bits per heavy atom. The maximum Gasteiger partial charge on any atom is 0.239 e. The molecule has 3 aromatic rings. The molecule has 0 saturated heterocycles. The quantitative estimate of drug-likeness (QED) is 0.422. The van der Waals surface area contributed by atoms with Gasteiger partial charge in [-0.15, -0.1) is 21.5 Å². The third-order valence-electron chi connectivity index (χ3n) is 2.92. The largest absolute Gasteiger partial charge is 0.504 e. The van der Waals surface area contributed by atoms with Crippen LogP contribution >= 0.6 is 11.3 Å². The summed E-state index contributed by atoms with van der Waals surface area (Å²) >= 11 is 1.32. The van der Waals surface area contributed by atoms with E-state index in [9.17, 15) is 14.3 Å². The second kappa shape index (κ2) is 6.44. The Morgan fingerprint density at radius 1 is 1.35 bits per heavy atom. The van der Waals surface area contributed by atoms with Gasteiger partial charge < -0.3 is 5.11 Å². The van der Waals surface area contributed by atoms with Gasteiger partial charge in [-0.05, 0) is 22.9 Å². The predicted molar refractivity (Wildman–Crippen MR) is 80.4 cm³/mol. The zero-order valence-corrected chi connectivity index (χ0v) is 12.4. The Kier molecular flexibility index (Phi) is 4.20. The van der Waals surface area contributed by atoms with Crippen molar-refractivity contribution in [2.24, 2.45) is 0 Å². The van der Waals surface area contributed by atoms with Gasteiger partial charge in [0.15, 0.2) is 5.76 Å². The second-order valence-electron chi connectivity index (χ2n) is 4.56. The molecule has 2 aromatic heterocycles. The number of halogens is 1. The molecule has 0 amide bonds. The Bertz CT molecular complexity index is 842. The summed E-state index contributed by atoms with van der Waals surface area (Å²) < 4.78 is 12.9. The molecule has 0 saturated carbocycles. The fraction of sp³-hybridized carbons (Fsp3) is 0.0714. The monoisotopic (exact) mass is 331 g/mol. The maximum atomic E-state index is 12.9. The number of hydrogen-bond acceptors (Lipinski definition) is 7. The van der Waals surface area contributed by atoms with Crippen LogP contribution < -0.4 is 0 Å². The number of nitrogens with one attached hydrogen (secondary N) is 1. The Balaban J connectivity index is 1.72. The third-order valence-corrected chi connectivity index (χ3v) is 3.76. The molecule has 3 rings (SSSR count). The fourth-order valence-corrected chi connectivity index (χ4v) is 2.63. The summed E-state index contributed by atoms with van der Waals surface area (Å²) in [5.41, 5.74) is 1.10. The van der Waals surface area contributed by atoms with Gasteiger partial charge in [0.2, 0.25) is 11.6 Å². The molecule has 0 aliphatic heterocycles. The molecule has 0 spiro atoms. The topological polar surface area (TPSA) is 105 Å². The highest BCUT2D eigenvalue weighted by Gasteiger charge is 2.13. The first-order chi connectivity index (χ1) is 11.1. The highest BCUT2D eigenvalue weighted by molar-refractivity contribution is 7.09. The van der Waals surface area contributed by atoms with Crippen molar-refractivity contribution in [1.82, 2.24) is 25.6 Å². The van der Waals surface area contributed by atoms with Crippen molar-refractivity contribution in [3.8, 4) is 0 Å². The van der Waals surface area contributed by atoms with Crippen LogP contribution in [0.1, 0.15) is 26.9 Å². The van der Waals surface area contributed by atoms with Crippen molar-refractivity contribution in [2.75, 3.05) is 0 Å². The first-order valence-electron chi connectivity index (χ1n) is 6.49. The Morgan fingerprint density at radius 3 is 2.83 bits per heavy atom. The van der Waals surface area contributed by atoms with Gasteiger partial charge in [-0.3, -0.25) is 4.79 Å². The molecule has 2 heterocycles. The molecule has 0 radical (unpaired) electrons. The van der Waals surface area contributed by atoms with E-state index in [2.05, 4.69) is 25.6 Å². The van der Waals surface area contributed by atoms with Crippen LogP contribution in [0.3, 0.4) is 0 Å². The van der Waals surface area contributed by atoms with Gasteiger partial charge in [0.05, 0.1) is 5.01 Å². The minimum Gasteiger partial charge on any atom is -0.504 e. The van der Waals surface area contributed by atoms with Crippen molar-refractivity contribution in [2.45, 2.75) is 6.42 Å². The molecule has 2 N–H and O–H groups in total. The SMILES string of the molecule is O=C(C=C(O)c1nn[nH]n1)c1csc(Cc2ccc(F)cc2)n1. The van der Waals surface area contributed by atoms with Crippen molar-refractivity contribution >= 4 is 22.9 Å². The number of ketones is 1. The zero-order valence-electron chi connectivity index (χ0n) is 11.6. The predicted octanol–water partition coefficient (Wildman–Crippen LogP) is 2.17. The number of aliphatic hydroxyl groups excluding tert-OH is 1. The van der Waals surface area contributed by atoms with Crippen molar-refractivity contribution in [3.05, 3.63) is 63.6 Å². The third kappa shape index (κ3) is 3.64. The average Bonchev–Trinajstić information content (AvgIpc) is 3.21. The smallest absolute Gasteiger partial charge is 0.239 e. The Labute approximate surface area is 133 Å². The van der Waals surface area contributed by atoms with E-state index in [0.717, 1.165) is 11.6 Å². The van der Waals surface area contributed by atoms with Gasteiger partial charge in [-0.1, -0.05) is 12.1 Å². The van der Waals surface area contributed by atoms with E-state index >= 15 is 0 Å². The van der Waals surface area contributed by atoms with Crippen LogP contribution in [0.15, 0.2) is 35.7 Å². The number of tetrazole rings is 1. The molecule has 0 bridgehead atoms. The van der Waals surface area contributed by atoms with E-state index in [-0.39, 0.29) is 17.3 Å².